The highest BCUT2D eigenvalue weighted by molar-refractivity contribution is 6.03. The third-order valence-electron chi connectivity index (χ3n) is 3.17. The number of aryl methyl sites for hydroxylation is 1. The molecule has 2 aromatic rings. The number of benzene rings is 1. The second-order valence-electron chi connectivity index (χ2n) is 4.53. The van der Waals surface area contributed by atoms with Crippen LogP contribution in [0.5, 0.6) is 0 Å². The van der Waals surface area contributed by atoms with Gasteiger partial charge in [-0.25, -0.2) is 4.98 Å². The highest BCUT2D eigenvalue weighted by Gasteiger charge is 2.30. The number of rotatable bonds is 1. The van der Waals surface area contributed by atoms with Gasteiger partial charge in [0.1, 0.15) is 11.6 Å². The molecule has 0 radical (unpaired) electrons. The molecular formula is C15H15N3O3. The highest BCUT2D eigenvalue weighted by atomic mass is 16.2. The SMILES string of the molecule is [2H]c1cc(N)c2c(=O)n(C3C(=O)CC(=O)C([2H])([2H])C3[2H])c(C([2H])([2H])[2H])nc2c1[2H]. The Morgan fingerprint density at radius 2 is 2.33 bits per heavy atom. The predicted molar refractivity (Wildman–Crippen MR) is 78.1 cm³/mol. The highest BCUT2D eigenvalue weighted by Crippen LogP contribution is 2.24. The van der Waals surface area contributed by atoms with Crippen molar-refractivity contribution in [3.05, 3.63) is 34.3 Å². The topological polar surface area (TPSA) is 95.0 Å². The summed E-state index contributed by atoms with van der Waals surface area (Å²) in [5.41, 5.74) is 3.88. The quantitative estimate of drug-likeness (QED) is 0.628. The fourth-order valence-corrected chi connectivity index (χ4v) is 2.19. The Balaban J connectivity index is 2.47. The number of carbonyl (C=O) groups excluding carboxylic acids is 2. The van der Waals surface area contributed by atoms with Crippen LogP contribution in [0.15, 0.2) is 22.9 Å². The molecule has 1 fully saturated rings. The summed E-state index contributed by atoms with van der Waals surface area (Å²) >= 11 is 0. The first-order valence-corrected chi connectivity index (χ1v) is 6.00. The average Bonchev–Trinajstić information content (AvgIpc) is 2.58. The predicted octanol–water partition coefficient (Wildman–Crippen LogP) is 1.15. The lowest BCUT2D eigenvalue weighted by Gasteiger charge is -2.24. The van der Waals surface area contributed by atoms with E-state index in [1.165, 1.54) is 0 Å². The summed E-state index contributed by atoms with van der Waals surface area (Å²) in [6, 6.07) is -1.87. The molecule has 1 heterocycles. The number of aromatic nitrogens is 2. The number of ketones is 2. The van der Waals surface area contributed by atoms with Gasteiger partial charge in [0.05, 0.1) is 26.1 Å². The Morgan fingerprint density at radius 3 is 3.10 bits per heavy atom. The molecule has 0 aliphatic heterocycles. The first-order chi connectivity index (χ1) is 13.2. The van der Waals surface area contributed by atoms with Crippen molar-refractivity contribution in [2.45, 2.75) is 32.1 Å². The monoisotopic (exact) mass is 293 g/mol. The van der Waals surface area contributed by atoms with Crippen molar-refractivity contribution >= 4 is 28.2 Å². The second kappa shape index (κ2) is 4.80. The maximum absolute atomic E-state index is 13.2. The minimum absolute atomic E-state index is 0.284. The average molecular weight is 293 g/mol. The van der Waals surface area contributed by atoms with E-state index in [0.29, 0.717) is 4.57 Å². The van der Waals surface area contributed by atoms with Crippen LogP contribution in [-0.4, -0.2) is 21.1 Å². The van der Waals surface area contributed by atoms with Crippen LogP contribution in [0.3, 0.4) is 0 Å². The van der Waals surface area contributed by atoms with Crippen LogP contribution in [-0.2, 0) is 9.59 Å². The zero-order valence-corrected chi connectivity index (χ0v) is 10.6. The van der Waals surface area contributed by atoms with E-state index >= 15 is 0 Å². The lowest BCUT2D eigenvalue weighted by atomic mass is 9.92. The number of nitrogens with zero attached hydrogens (tertiary/aromatic N) is 2. The minimum atomic E-state index is -3.08. The van der Waals surface area contributed by atoms with Gasteiger partial charge in [-0.15, -0.1) is 0 Å². The molecular weight excluding hydrogens is 270 g/mol. The zero-order chi connectivity index (χ0) is 22.0. The number of anilines is 1. The van der Waals surface area contributed by atoms with Gasteiger partial charge in [-0.2, -0.15) is 0 Å². The van der Waals surface area contributed by atoms with Crippen LogP contribution < -0.4 is 11.3 Å². The van der Waals surface area contributed by atoms with Gasteiger partial charge in [0.2, 0.25) is 0 Å². The van der Waals surface area contributed by atoms with E-state index in [9.17, 15) is 14.4 Å². The number of hydrogen-bond donors (Lipinski definition) is 1. The largest absolute Gasteiger partial charge is 0.398 e. The van der Waals surface area contributed by atoms with E-state index in [2.05, 4.69) is 4.98 Å². The molecule has 1 aliphatic rings. The maximum Gasteiger partial charge on any atom is 0.264 e. The maximum atomic E-state index is 13.2. The standard InChI is InChI=1S/C15H15N3O3/c1-8-17-11-4-2-3-10(16)14(11)15(21)18(8)12-6-5-9(19)7-13(12)20/h2-4,12H,5-7,16H2,1H3/i1D3,2D,4D,5D2,6D. The molecule has 6 heteroatoms. The van der Waals surface area contributed by atoms with Gasteiger partial charge in [-0.05, 0) is 25.4 Å². The number of fused-ring (bicyclic) bond motifs is 1. The molecule has 1 saturated carbocycles. The Kier molecular flexibility index (Phi) is 1.59. The van der Waals surface area contributed by atoms with E-state index in [1.54, 1.807) is 0 Å². The van der Waals surface area contributed by atoms with Crippen LogP contribution in [0, 0.1) is 6.85 Å². The minimum Gasteiger partial charge on any atom is -0.398 e. The molecule has 3 rings (SSSR count). The smallest absolute Gasteiger partial charge is 0.264 e. The molecule has 0 bridgehead atoms. The van der Waals surface area contributed by atoms with E-state index in [-0.39, 0.29) is 5.69 Å². The van der Waals surface area contributed by atoms with Crippen molar-refractivity contribution in [2.24, 2.45) is 0 Å². The molecule has 108 valence electrons. The number of hydrogen-bond acceptors (Lipinski definition) is 5. The molecule has 2 atom stereocenters. The van der Waals surface area contributed by atoms with Crippen molar-refractivity contribution < 1.29 is 20.6 Å². The fourth-order valence-electron chi connectivity index (χ4n) is 2.19. The molecule has 0 spiro atoms. The van der Waals surface area contributed by atoms with Crippen LogP contribution in [0.1, 0.15) is 42.0 Å². The van der Waals surface area contributed by atoms with E-state index in [0.717, 1.165) is 6.07 Å². The molecule has 0 amide bonds. The number of carbonyl (C=O) groups is 2. The van der Waals surface area contributed by atoms with Crippen molar-refractivity contribution in [1.29, 1.82) is 0 Å². The van der Waals surface area contributed by atoms with Gasteiger partial charge in [-0.1, -0.05) is 6.04 Å². The Morgan fingerprint density at radius 1 is 1.52 bits per heavy atom. The zero-order valence-electron chi connectivity index (χ0n) is 18.6. The van der Waals surface area contributed by atoms with Crippen molar-refractivity contribution in [3.8, 4) is 0 Å². The van der Waals surface area contributed by atoms with Crippen LogP contribution in [0.25, 0.3) is 10.9 Å². The van der Waals surface area contributed by atoms with Crippen LogP contribution >= 0.6 is 0 Å². The Bertz CT molecular complexity index is 1120. The van der Waals surface area contributed by atoms with E-state index in [1.807, 2.05) is 0 Å². The normalized spacial score (nSPS) is 31.2. The molecule has 1 aromatic heterocycles. The van der Waals surface area contributed by atoms with Crippen molar-refractivity contribution in [1.82, 2.24) is 9.55 Å². The number of nitrogens with two attached hydrogens (primary N) is 1. The first-order valence-electron chi connectivity index (χ1n) is 10.1. The summed E-state index contributed by atoms with van der Waals surface area (Å²) in [4.78, 5) is 41.3. The number of Topliss-reactive ketones (excluding diaryl/α,β-unsaturated/α-hetero) is 2. The summed E-state index contributed by atoms with van der Waals surface area (Å²) in [6.07, 6.45) is -5.81. The van der Waals surface area contributed by atoms with Gasteiger partial charge in [-0.3, -0.25) is 19.0 Å². The van der Waals surface area contributed by atoms with Gasteiger partial charge in [0.15, 0.2) is 5.78 Å². The summed E-state index contributed by atoms with van der Waals surface area (Å²) in [6.45, 7) is -3.08. The summed E-state index contributed by atoms with van der Waals surface area (Å²) < 4.78 is 62.7. The first kappa shape index (κ1) is 6.98. The molecule has 1 aliphatic carbocycles. The van der Waals surface area contributed by atoms with Crippen LogP contribution in [0.2, 0.25) is 0 Å². The third kappa shape index (κ3) is 2.12. The summed E-state index contributed by atoms with van der Waals surface area (Å²) in [5.74, 6) is -3.09. The fraction of sp³-hybridized carbons (Fsp3) is 0.333. The molecule has 1 aromatic carbocycles. The van der Waals surface area contributed by atoms with Gasteiger partial charge >= 0.3 is 0 Å². The van der Waals surface area contributed by atoms with E-state index in [4.69, 9.17) is 16.7 Å². The number of nitrogen functional groups attached to an aromatic ring is 1. The van der Waals surface area contributed by atoms with Crippen LogP contribution in [0.4, 0.5) is 5.69 Å². The third-order valence-corrected chi connectivity index (χ3v) is 3.17. The molecule has 6 nitrogen and oxygen atoms in total. The van der Waals surface area contributed by atoms with E-state index < -0.39 is 78.0 Å². The second-order valence-corrected chi connectivity index (χ2v) is 4.53. The molecule has 2 unspecified atom stereocenters. The summed E-state index contributed by atoms with van der Waals surface area (Å²) in [5, 5.41) is -0.420. The van der Waals surface area contributed by atoms with Gasteiger partial charge in [0.25, 0.3) is 5.56 Å². The molecule has 2 N–H and O–H groups in total. The summed E-state index contributed by atoms with van der Waals surface area (Å²) in [7, 11) is 0. The van der Waals surface area contributed by atoms with Gasteiger partial charge in [0, 0.05) is 20.3 Å². The molecule has 21 heavy (non-hydrogen) atoms. The Hall–Kier alpha value is -2.50. The lowest BCUT2D eigenvalue weighted by Crippen LogP contribution is -2.36. The van der Waals surface area contributed by atoms with Crippen molar-refractivity contribution in [3.63, 3.8) is 0 Å². The Labute approximate surface area is 131 Å². The van der Waals surface area contributed by atoms with Gasteiger partial charge < -0.3 is 5.73 Å². The van der Waals surface area contributed by atoms with Crippen molar-refractivity contribution in [2.75, 3.05) is 5.73 Å². The lowest BCUT2D eigenvalue weighted by molar-refractivity contribution is -0.132. The molecule has 0 saturated heterocycles.